The highest BCUT2D eigenvalue weighted by Crippen LogP contribution is 2.26. The fourth-order valence-corrected chi connectivity index (χ4v) is 2.32. The molecule has 3 rings (SSSR count). The summed E-state index contributed by atoms with van der Waals surface area (Å²) < 4.78 is 2.02. The third kappa shape index (κ3) is 2.37. The van der Waals surface area contributed by atoms with Crippen LogP contribution < -0.4 is 0 Å². The number of aromatic nitrogens is 2. The van der Waals surface area contributed by atoms with Crippen molar-refractivity contribution < 1.29 is 0 Å². The van der Waals surface area contributed by atoms with Gasteiger partial charge in [-0.3, -0.25) is 4.99 Å². The second kappa shape index (κ2) is 4.97. The van der Waals surface area contributed by atoms with Gasteiger partial charge in [0.1, 0.15) is 5.54 Å². The fraction of sp³-hybridized carbons (Fsp3) is 0.294. The van der Waals surface area contributed by atoms with E-state index in [1.807, 2.05) is 23.0 Å². The van der Waals surface area contributed by atoms with Crippen LogP contribution in [0, 0.1) is 11.8 Å². The van der Waals surface area contributed by atoms with Crippen LogP contribution in [-0.2, 0) is 12.0 Å². The molecule has 0 spiro atoms. The Labute approximate surface area is 119 Å². The van der Waals surface area contributed by atoms with Crippen molar-refractivity contribution in [1.29, 1.82) is 0 Å². The Hall–Kier alpha value is -2.34. The van der Waals surface area contributed by atoms with Gasteiger partial charge in [0.25, 0.3) is 0 Å². The first-order valence-electron chi connectivity index (χ1n) is 6.83. The molecule has 0 N–H and O–H groups in total. The number of benzene rings is 1. The molecule has 0 atom stereocenters. The van der Waals surface area contributed by atoms with Crippen molar-refractivity contribution in [1.82, 2.24) is 9.55 Å². The summed E-state index contributed by atoms with van der Waals surface area (Å²) in [5.41, 5.74) is 3.15. The van der Waals surface area contributed by atoms with Crippen LogP contribution in [0.25, 0.3) is 0 Å². The van der Waals surface area contributed by atoms with Gasteiger partial charge < -0.3 is 4.57 Å². The van der Waals surface area contributed by atoms with Crippen molar-refractivity contribution >= 4 is 11.9 Å². The van der Waals surface area contributed by atoms with Crippen molar-refractivity contribution in [3.05, 3.63) is 48.0 Å². The van der Waals surface area contributed by atoms with Crippen LogP contribution in [0.3, 0.4) is 0 Å². The molecule has 2 aromatic rings. The Morgan fingerprint density at radius 2 is 2.20 bits per heavy atom. The standard InChI is InChI=1S/C17H17N3/c1-17(2,20-12-11-18-13-20)9-8-14-5-3-7-16-15(14)6-4-10-19-16/h3,5,7,10-13H,4,6H2,1-2H3. The van der Waals surface area contributed by atoms with E-state index < -0.39 is 0 Å². The van der Waals surface area contributed by atoms with Gasteiger partial charge in [0.2, 0.25) is 0 Å². The molecule has 0 saturated carbocycles. The lowest BCUT2D eigenvalue weighted by molar-refractivity contribution is 0.474. The van der Waals surface area contributed by atoms with Crippen LogP contribution in [0.5, 0.6) is 0 Å². The zero-order valence-electron chi connectivity index (χ0n) is 11.8. The SMILES string of the molecule is CC(C)(C#Cc1cccc2c1CCC=N2)n1ccnc1. The largest absolute Gasteiger partial charge is 0.321 e. The van der Waals surface area contributed by atoms with Crippen LogP contribution in [0.1, 0.15) is 31.4 Å². The summed E-state index contributed by atoms with van der Waals surface area (Å²) in [6.45, 7) is 4.18. The minimum atomic E-state index is -0.267. The van der Waals surface area contributed by atoms with Crippen molar-refractivity contribution in [2.45, 2.75) is 32.2 Å². The van der Waals surface area contributed by atoms with E-state index in [1.165, 1.54) is 5.56 Å². The zero-order valence-corrected chi connectivity index (χ0v) is 11.8. The number of imidazole rings is 1. The molecule has 3 nitrogen and oxygen atoms in total. The lowest BCUT2D eigenvalue weighted by atomic mass is 9.98. The molecular weight excluding hydrogens is 246 g/mol. The molecule has 0 fully saturated rings. The van der Waals surface area contributed by atoms with Crippen LogP contribution >= 0.6 is 0 Å². The highest BCUT2D eigenvalue weighted by atomic mass is 15.1. The Morgan fingerprint density at radius 1 is 1.30 bits per heavy atom. The molecule has 1 aromatic heterocycles. The molecule has 2 heterocycles. The monoisotopic (exact) mass is 263 g/mol. The van der Waals surface area contributed by atoms with E-state index in [0.717, 1.165) is 24.1 Å². The van der Waals surface area contributed by atoms with Crippen molar-refractivity contribution in [3.8, 4) is 11.8 Å². The normalized spacial score (nSPS) is 13.5. The first kappa shape index (κ1) is 12.7. The summed E-state index contributed by atoms with van der Waals surface area (Å²) >= 11 is 0. The number of nitrogens with zero attached hydrogens (tertiary/aromatic N) is 3. The molecule has 0 bridgehead atoms. The maximum absolute atomic E-state index is 4.44. The Balaban J connectivity index is 1.97. The lowest BCUT2D eigenvalue weighted by Gasteiger charge is -2.19. The fourth-order valence-electron chi connectivity index (χ4n) is 2.32. The van der Waals surface area contributed by atoms with E-state index in [-0.39, 0.29) is 5.54 Å². The second-order valence-electron chi connectivity index (χ2n) is 5.43. The summed E-state index contributed by atoms with van der Waals surface area (Å²) in [6.07, 6.45) is 9.53. The molecule has 3 heteroatoms. The highest BCUT2D eigenvalue weighted by Gasteiger charge is 2.16. The van der Waals surface area contributed by atoms with Gasteiger partial charge in [-0.1, -0.05) is 17.9 Å². The van der Waals surface area contributed by atoms with E-state index in [1.54, 1.807) is 12.5 Å². The Bertz CT molecular complexity index is 698. The molecule has 0 unspecified atom stereocenters. The van der Waals surface area contributed by atoms with Gasteiger partial charge in [-0.2, -0.15) is 0 Å². The summed E-state index contributed by atoms with van der Waals surface area (Å²) in [7, 11) is 0. The number of aliphatic imine (C=N–C) groups is 1. The molecule has 0 radical (unpaired) electrons. The van der Waals surface area contributed by atoms with Gasteiger partial charge in [0.15, 0.2) is 0 Å². The molecule has 1 aliphatic heterocycles. The molecular formula is C17H17N3. The molecule has 0 amide bonds. The van der Waals surface area contributed by atoms with Gasteiger partial charge in [-0.15, -0.1) is 0 Å². The smallest absolute Gasteiger partial charge is 0.101 e. The van der Waals surface area contributed by atoms with Gasteiger partial charge in [0.05, 0.1) is 12.0 Å². The molecule has 100 valence electrons. The molecule has 20 heavy (non-hydrogen) atoms. The average Bonchev–Trinajstić information content (AvgIpc) is 3.00. The van der Waals surface area contributed by atoms with Gasteiger partial charge >= 0.3 is 0 Å². The summed E-state index contributed by atoms with van der Waals surface area (Å²) in [5, 5.41) is 0. The Morgan fingerprint density at radius 3 is 3.00 bits per heavy atom. The van der Waals surface area contributed by atoms with E-state index in [0.29, 0.717) is 0 Å². The predicted molar refractivity (Wildman–Crippen MR) is 81.3 cm³/mol. The van der Waals surface area contributed by atoms with Crippen LogP contribution in [-0.4, -0.2) is 15.8 Å². The average molecular weight is 263 g/mol. The molecule has 1 aromatic carbocycles. The van der Waals surface area contributed by atoms with E-state index in [4.69, 9.17) is 0 Å². The summed E-state index contributed by atoms with van der Waals surface area (Å²) in [5.74, 6) is 6.68. The van der Waals surface area contributed by atoms with Crippen LogP contribution in [0.4, 0.5) is 5.69 Å². The molecule has 1 aliphatic rings. The van der Waals surface area contributed by atoms with Crippen LogP contribution in [0.2, 0.25) is 0 Å². The van der Waals surface area contributed by atoms with E-state index in [2.05, 4.69) is 47.8 Å². The van der Waals surface area contributed by atoms with Crippen molar-refractivity contribution in [2.75, 3.05) is 0 Å². The summed E-state index contributed by atoms with van der Waals surface area (Å²) in [6, 6.07) is 6.16. The van der Waals surface area contributed by atoms with Gasteiger partial charge in [-0.25, -0.2) is 4.98 Å². The predicted octanol–water partition coefficient (Wildman–Crippen LogP) is 3.32. The third-order valence-electron chi connectivity index (χ3n) is 3.56. The quantitative estimate of drug-likeness (QED) is 0.726. The maximum atomic E-state index is 4.44. The van der Waals surface area contributed by atoms with Gasteiger partial charge in [0, 0.05) is 24.2 Å². The van der Waals surface area contributed by atoms with Gasteiger partial charge in [-0.05, 0) is 44.4 Å². The molecule has 0 saturated heterocycles. The number of fused-ring (bicyclic) bond motifs is 1. The van der Waals surface area contributed by atoms with Crippen LogP contribution in [0.15, 0.2) is 41.9 Å². The van der Waals surface area contributed by atoms with Crippen molar-refractivity contribution in [3.63, 3.8) is 0 Å². The van der Waals surface area contributed by atoms with Crippen molar-refractivity contribution in [2.24, 2.45) is 4.99 Å². The maximum Gasteiger partial charge on any atom is 0.101 e. The number of hydrogen-bond acceptors (Lipinski definition) is 2. The summed E-state index contributed by atoms with van der Waals surface area (Å²) in [4.78, 5) is 8.53. The number of hydrogen-bond donors (Lipinski definition) is 0. The molecule has 0 aliphatic carbocycles. The second-order valence-corrected chi connectivity index (χ2v) is 5.43. The number of rotatable bonds is 1. The first-order chi connectivity index (χ1) is 9.67. The minimum Gasteiger partial charge on any atom is -0.321 e. The van der Waals surface area contributed by atoms with E-state index in [9.17, 15) is 0 Å². The first-order valence-corrected chi connectivity index (χ1v) is 6.83. The Kier molecular flexibility index (Phi) is 3.15. The highest BCUT2D eigenvalue weighted by molar-refractivity contribution is 5.71. The van der Waals surface area contributed by atoms with E-state index >= 15 is 0 Å². The zero-order chi connectivity index (χ0) is 14.0. The lowest BCUT2D eigenvalue weighted by Crippen LogP contribution is -2.22. The third-order valence-corrected chi connectivity index (χ3v) is 3.56. The minimum absolute atomic E-state index is 0.267. The topological polar surface area (TPSA) is 30.2 Å².